The normalized spacial score (nSPS) is 14.5. The fraction of sp³-hybridized carbons (Fsp3) is 0.212. The number of thiazole rings is 1. The summed E-state index contributed by atoms with van der Waals surface area (Å²) >= 11 is 1.16. The van der Waals surface area contributed by atoms with E-state index in [1.165, 1.54) is 23.8 Å². The summed E-state index contributed by atoms with van der Waals surface area (Å²) in [6.07, 6.45) is 1.68. The van der Waals surface area contributed by atoms with Crippen molar-refractivity contribution in [3.63, 3.8) is 0 Å². The summed E-state index contributed by atoms with van der Waals surface area (Å²) in [6, 6.07) is 18.9. The van der Waals surface area contributed by atoms with Crippen molar-refractivity contribution in [2.45, 2.75) is 19.9 Å². The van der Waals surface area contributed by atoms with Crippen LogP contribution in [0.25, 0.3) is 11.8 Å². The fourth-order valence-corrected chi connectivity index (χ4v) is 5.79. The zero-order valence-corrected chi connectivity index (χ0v) is 25.1. The van der Waals surface area contributed by atoms with Gasteiger partial charge in [0.2, 0.25) is 0 Å². The lowest BCUT2D eigenvalue weighted by Gasteiger charge is -2.25. The number of hydrogen-bond donors (Lipinski definition) is 0. The zero-order chi connectivity index (χ0) is 31.2. The van der Waals surface area contributed by atoms with E-state index < -0.39 is 29.4 Å². The maximum atomic E-state index is 14.0. The van der Waals surface area contributed by atoms with Gasteiger partial charge in [0.25, 0.3) is 5.56 Å². The van der Waals surface area contributed by atoms with E-state index in [0.29, 0.717) is 43.2 Å². The summed E-state index contributed by atoms with van der Waals surface area (Å²) in [4.78, 5) is 44.4. The third-order valence-corrected chi connectivity index (χ3v) is 7.68. The number of carbonyl (C=O) groups excluding carboxylic acids is 2. The molecule has 3 aromatic carbocycles. The first kappa shape index (κ1) is 30.4. The van der Waals surface area contributed by atoms with Crippen molar-refractivity contribution in [1.82, 2.24) is 4.57 Å². The quantitative estimate of drug-likeness (QED) is 0.248. The van der Waals surface area contributed by atoms with Crippen LogP contribution in [0.15, 0.2) is 88.2 Å². The molecule has 1 aliphatic heterocycles. The van der Waals surface area contributed by atoms with Gasteiger partial charge in [0.1, 0.15) is 5.82 Å². The molecule has 5 rings (SSSR count). The average Bonchev–Trinajstić information content (AvgIpc) is 3.34. The molecule has 0 amide bonds. The van der Waals surface area contributed by atoms with Crippen molar-refractivity contribution in [3.05, 3.63) is 121 Å². The molecule has 1 aromatic heterocycles. The Morgan fingerprint density at radius 2 is 1.70 bits per heavy atom. The van der Waals surface area contributed by atoms with E-state index in [2.05, 4.69) is 0 Å². The smallest absolute Gasteiger partial charge is 0.344 e. The number of halogens is 1. The van der Waals surface area contributed by atoms with Gasteiger partial charge in [0.05, 0.1) is 42.2 Å². The Morgan fingerprint density at radius 1 is 0.977 bits per heavy atom. The van der Waals surface area contributed by atoms with Crippen molar-refractivity contribution >= 4 is 35.0 Å². The second-order valence-electron chi connectivity index (χ2n) is 9.49. The van der Waals surface area contributed by atoms with E-state index >= 15 is 0 Å². The van der Waals surface area contributed by atoms with Gasteiger partial charge in [-0.05, 0) is 55.3 Å². The monoisotopic (exact) mass is 616 g/mol. The Kier molecular flexibility index (Phi) is 9.35. The van der Waals surface area contributed by atoms with Gasteiger partial charge >= 0.3 is 11.9 Å². The van der Waals surface area contributed by atoms with Gasteiger partial charge in [0.15, 0.2) is 22.9 Å². The van der Waals surface area contributed by atoms with Gasteiger partial charge in [-0.2, -0.15) is 0 Å². The molecule has 0 spiro atoms. The third-order valence-electron chi connectivity index (χ3n) is 6.70. The van der Waals surface area contributed by atoms with E-state index in [1.807, 2.05) is 30.3 Å². The molecule has 4 aromatic rings. The first-order chi connectivity index (χ1) is 21.3. The molecule has 0 N–H and O–H groups in total. The second kappa shape index (κ2) is 13.5. The van der Waals surface area contributed by atoms with Gasteiger partial charge < -0.3 is 18.9 Å². The van der Waals surface area contributed by atoms with Crippen LogP contribution in [0.3, 0.4) is 0 Å². The number of rotatable bonds is 10. The molecular weight excluding hydrogens is 587 g/mol. The summed E-state index contributed by atoms with van der Waals surface area (Å²) in [7, 11) is 1.47. The van der Waals surface area contributed by atoms with Crippen molar-refractivity contribution in [2.24, 2.45) is 4.99 Å². The largest absolute Gasteiger partial charge is 0.493 e. The molecule has 11 heteroatoms. The first-order valence-electron chi connectivity index (χ1n) is 13.8. The van der Waals surface area contributed by atoms with E-state index in [9.17, 15) is 18.8 Å². The number of nitrogens with zero attached hydrogens (tertiary/aromatic N) is 2. The third kappa shape index (κ3) is 6.32. The van der Waals surface area contributed by atoms with Gasteiger partial charge in [-0.15, -0.1) is 0 Å². The van der Waals surface area contributed by atoms with E-state index in [4.69, 9.17) is 23.9 Å². The van der Waals surface area contributed by atoms with Crippen molar-refractivity contribution in [3.8, 4) is 11.5 Å². The molecule has 0 saturated carbocycles. The number of methoxy groups -OCH3 is 1. The number of aromatic nitrogens is 1. The number of carbonyl (C=O) groups is 2. The van der Waals surface area contributed by atoms with Gasteiger partial charge in [-0.25, -0.2) is 19.0 Å². The highest BCUT2D eigenvalue weighted by atomic mass is 32.1. The van der Waals surface area contributed by atoms with Gasteiger partial charge in [-0.1, -0.05) is 59.9 Å². The lowest BCUT2D eigenvalue weighted by molar-refractivity contribution is -0.145. The molecule has 0 fully saturated rings. The lowest BCUT2D eigenvalue weighted by Crippen LogP contribution is -2.40. The number of hydrogen-bond acceptors (Lipinski definition) is 9. The van der Waals surface area contributed by atoms with Crippen molar-refractivity contribution in [1.29, 1.82) is 0 Å². The van der Waals surface area contributed by atoms with Crippen LogP contribution in [-0.4, -0.2) is 43.4 Å². The van der Waals surface area contributed by atoms with Gasteiger partial charge in [0, 0.05) is 5.56 Å². The number of ether oxygens (including phenoxy) is 4. The predicted octanol–water partition coefficient (Wildman–Crippen LogP) is 4.03. The maximum absolute atomic E-state index is 14.0. The van der Waals surface area contributed by atoms with Crippen LogP contribution in [-0.2, 0) is 19.1 Å². The molecule has 0 bridgehead atoms. The Hall–Kier alpha value is -5.03. The molecular formula is C33H29FN2O7S. The average molecular weight is 617 g/mol. The summed E-state index contributed by atoms with van der Waals surface area (Å²) in [6.45, 7) is 3.49. The first-order valence-corrected chi connectivity index (χ1v) is 14.7. The fourth-order valence-electron chi connectivity index (χ4n) is 4.78. The Morgan fingerprint density at radius 3 is 2.39 bits per heavy atom. The van der Waals surface area contributed by atoms with Crippen LogP contribution in [0.5, 0.6) is 11.5 Å². The predicted molar refractivity (Wildman–Crippen MR) is 163 cm³/mol. The molecule has 9 nitrogen and oxygen atoms in total. The molecule has 1 atom stereocenters. The minimum absolute atomic E-state index is 0.117. The minimum atomic E-state index is -0.920. The van der Waals surface area contributed by atoms with E-state index in [0.717, 1.165) is 11.3 Å². The molecule has 1 unspecified atom stereocenters. The van der Waals surface area contributed by atoms with Crippen LogP contribution >= 0.6 is 11.3 Å². The minimum Gasteiger partial charge on any atom is -0.493 e. The number of benzene rings is 3. The highest BCUT2D eigenvalue weighted by molar-refractivity contribution is 7.07. The summed E-state index contributed by atoms with van der Waals surface area (Å²) in [5, 5.41) is 0. The lowest BCUT2D eigenvalue weighted by atomic mass is 9.93. The molecule has 0 saturated heterocycles. The summed E-state index contributed by atoms with van der Waals surface area (Å²) < 4.78 is 37.1. The second-order valence-corrected chi connectivity index (χ2v) is 10.5. The van der Waals surface area contributed by atoms with Crippen LogP contribution < -0.4 is 24.4 Å². The number of esters is 2. The number of fused-ring (bicyclic) bond motifs is 1. The molecule has 44 heavy (non-hydrogen) atoms. The van der Waals surface area contributed by atoms with Crippen LogP contribution in [0.2, 0.25) is 0 Å². The van der Waals surface area contributed by atoms with E-state index in [-0.39, 0.29) is 25.4 Å². The van der Waals surface area contributed by atoms with Crippen molar-refractivity contribution < 1.29 is 32.9 Å². The molecule has 226 valence electrons. The molecule has 0 radical (unpaired) electrons. The van der Waals surface area contributed by atoms with E-state index in [1.54, 1.807) is 50.3 Å². The Balaban J connectivity index is 1.67. The summed E-state index contributed by atoms with van der Waals surface area (Å²) in [5.41, 5.74) is 1.98. The standard InChI is InChI=1S/C33H29FN2O7S/c1-4-41-27(37)19-43-24-16-11-20(17-25(24)40-3)18-26-31(38)36-30(22-12-14-23(34)15-13-22)28(32(39)42-5-2)29(35-33(36)44-26)21-9-7-6-8-10-21/h6-18,30H,4-5,19H2,1-3H3/b26-18+. The molecule has 1 aliphatic rings. The van der Waals surface area contributed by atoms with Crippen LogP contribution in [0.1, 0.15) is 36.6 Å². The Labute approximate surface area is 256 Å². The molecule has 0 aliphatic carbocycles. The van der Waals surface area contributed by atoms with Crippen molar-refractivity contribution in [2.75, 3.05) is 26.9 Å². The van der Waals surface area contributed by atoms with Gasteiger partial charge in [-0.3, -0.25) is 9.36 Å². The highest BCUT2D eigenvalue weighted by Gasteiger charge is 2.35. The zero-order valence-electron chi connectivity index (χ0n) is 24.2. The topological polar surface area (TPSA) is 105 Å². The maximum Gasteiger partial charge on any atom is 0.344 e. The molecule has 2 heterocycles. The summed E-state index contributed by atoms with van der Waals surface area (Å²) in [5.74, 6) is -0.887. The highest BCUT2D eigenvalue weighted by Crippen LogP contribution is 2.35. The van der Waals surface area contributed by atoms with Crippen LogP contribution in [0.4, 0.5) is 4.39 Å². The van der Waals surface area contributed by atoms with Crippen LogP contribution in [0, 0.1) is 5.82 Å². The SMILES string of the molecule is CCOC(=O)COc1ccc(/C=c2/sc3n(c2=O)C(c2ccc(F)cc2)C(C(=O)OCC)=C(c2ccccc2)N=3)cc1OC. The Bertz CT molecular complexity index is 1900.